The number of aryl methyl sites for hydroxylation is 1. The maximum Gasteiger partial charge on any atom is 0.252 e. The Morgan fingerprint density at radius 2 is 1.78 bits per heavy atom. The number of hydrogen-bond acceptors (Lipinski definition) is 7. The number of nitrogens with zero attached hydrogens (tertiary/aromatic N) is 6. The van der Waals surface area contributed by atoms with Crippen LogP contribution in [0.15, 0.2) is 41.3 Å². The summed E-state index contributed by atoms with van der Waals surface area (Å²) in [6.45, 7) is 10.7. The lowest BCUT2D eigenvalue weighted by Gasteiger charge is -2.34. The molecule has 0 aliphatic carbocycles. The number of piperazine rings is 1. The molecule has 8 heteroatoms. The van der Waals surface area contributed by atoms with Crippen LogP contribution in [0.3, 0.4) is 0 Å². The number of H-pyrrole nitrogens is 1. The van der Waals surface area contributed by atoms with Gasteiger partial charge in [0.15, 0.2) is 0 Å². The standard InChI is InChI=1S/C24H29N7O/c1-3-29-10-12-30(13-11-29)23-25-15-20(17(2)26-23)21-14-22(32)28-24(27-21)31-9-8-18-6-4-5-7-19(18)16-31/h4-7,14-15H,3,8-13,16H2,1-2H3,(H,27,28,32). The molecule has 1 saturated heterocycles. The summed E-state index contributed by atoms with van der Waals surface area (Å²) >= 11 is 0. The monoisotopic (exact) mass is 431 g/mol. The number of rotatable bonds is 4. The van der Waals surface area contributed by atoms with Gasteiger partial charge in [0, 0.05) is 57.1 Å². The van der Waals surface area contributed by atoms with Crippen LogP contribution < -0.4 is 15.4 Å². The number of anilines is 2. The van der Waals surface area contributed by atoms with E-state index in [2.05, 4.69) is 55.9 Å². The zero-order valence-corrected chi connectivity index (χ0v) is 18.7. The summed E-state index contributed by atoms with van der Waals surface area (Å²) in [6, 6.07) is 9.97. The fourth-order valence-corrected chi connectivity index (χ4v) is 4.53. The van der Waals surface area contributed by atoms with Gasteiger partial charge >= 0.3 is 0 Å². The van der Waals surface area contributed by atoms with Gasteiger partial charge in [0.2, 0.25) is 11.9 Å². The third kappa shape index (κ3) is 4.10. The smallest absolute Gasteiger partial charge is 0.252 e. The molecule has 0 spiro atoms. The number of aromatic nitrogens is 4. The highest BCUT2D eigenvalue weighted by molar-refractivity contribution is 5.62. The molecule has 1 aromatic carbocycles. The summed E-state index contributed by atoms with van der Waals surface area (Å²) in [7, 11) is 0. The van der Waals surface area contributed by atoms with E-state index >= 15 is 0 Å². The minimum atomic E-state index is -0.164. The van der Waals surface area contributed by atoms with Gasteiger partial charge in [-0.25, -0.2) is 15.0 Å². The van der Waals surface area contributed by atoms with Crippen LogP contribution in [0.1, 0.15) is 23.7 Å². The van der Waals surface area contributed by atoms with Crippen LogP contribution in [0.4, 0.5) is 11.9 Å². The highest BCUT2D eigenvalue weighted by atomic mass is 16.1. The Balaban J connectivity index is 1.40. The van der Waals surface area contributed by atoms with Crippen molar-refractivity contribution in [2.75, 3.05) is 49.1 Å². The summed E-state index contributed by atoms with van der Waals surface area (Å²) in [6.07, 6.45) is 2.74. The highest BCUT2D eigenvalue weighted by Gasteiger charge is 2.21. The van der Waals surface area contributed by atoms with Crippen molar-refractivity contribution < 1.29 is 0 Å². The van der Waals surface area contributed by atoms with Crippen LogP contribution in [0.5, 0.6) is 0 Å². The second kappa shape index (κ2) is 8.70. The molecule has 2 aliphatic rings. The molecule has 2 aromatic heterocycles. The van der Waals surface area contributed by atoms with Crippen LogP contribution in [0.25, 0.3) is 11.3 Å². The summed E-state index contributed by atoms with van der Waals surface area (Å²) in [4.78, 5) is 36.4. The largest absolute Gasteiger partial charge is 0.338 e. The zero-order valence-electron chi connectivity index (χ0n) is 18.7. The van der Waals surface area contributed by atoms with Crippen LogP contribution in [-0.4, -0.2) is 64.1 Å². The highest BCUT2D eigenvalue weighted by Crippen LogP contribution is 2.25. The number of fused-ring (bicyclic) bond motifs is 1. The van der Waals surface area contributed by atoms with Crippen molar-refractivity contribution in [2.24, 2.45) is 0 Å². The molecule has 5 rings (SSSR count). The first-order chi connectivity index (χ1) is 15.6. The van der Waals surface area contributed by atoms with Crippen molar-refractivity contribution in [3.63, 3.8) is 0 Å². The Morgan fingerprint density at radius 3 is 2.53 bits per heavy atom. The lowest BCUT2D eigenvalue weighted by molar-refractivity contribution is 0.270. The van der Waals surface area contributed by atoms with E-state index in [1.165, 1.54) is 17.2 Å². The molecule has 166 valence electrons. The number of aromatic amines is 1. The summed E-state index contributed by atoms with van der Waals surface area (Å²) in [5, 5.41) is 0. The van der Waals surface area contributed by atoms with Gasteiger partial charge in [-0.2, -0.15) is 0 Å². The van der Waals surface area contributed by atoms with Gasteiger partial charge in [-0.15, -0.1) is 0 Å². The molecule has 0 amide bonds. The first kappa shape index (κ1) is 20.6. The van der Waals surface area contributed by atoms with Gasteiger partial charge < -0.3 is 14.7 Å². The third-order valence-corrected chi connectivity index (χ3v) is 6.50. The molecule has 1 N–H and O–H groups in total. The predicted octanol–water partition coefficient (Wildman–Crippen LogP) is 2.24. The zero-order chi connectivity index (χ0) is 22.1. The summed E-state index contributed by atoms with van der Waals surface area (Å²) in [5.74, 6) is 1.35. The fourth-order valence-electron chi connectivity index (χ4n) is 4.53. The van der Waals surface area contributed by atoms with Gasteiger partial charge in [0.1, 0.15) is 0 Å². The molecule has 4 heterocycles. The second-order valence-corrected chi connectivity index (χ2v) is 8.48. The summed E-state index contributed by atoms with van der Waals surface area (Å²) in [5.41, 5.74) is 4.72. The molecule has 8 nitrogen and oxygen atoms in total. The van der Waals surface area contributed by atoms with Gasteiger partial charge in [0.25, 0.3) is 5.56 Å². The van der Waals surface area contributed by atoms with Crippen LogP contribution >= 0.6 is 0 Å². The van der Waals surface area contributed by atoms with Crippen LogP contribution in [-0.2, 0) is 13.0 Å². The van der Waals surface area contributed by atoms with Crippen LogP contribution in [0, 0.1) is 6.92 Å². The second-order valence-electron chi connectivity index (χ2n) is 8.48. The number of benzene rings is 1. The van der Waals surface area contributed by atoms with Gasteiger partial charge in [0.05, 0.1) is 11.4 Å². The van der Waals surface area contributed by atoms with E-state index in [0.717, 1.165) is 69.4 Å². The average Bonchev–Trinajstić information content (AvgIpc) is 2.83. The molecular weight excluding hydrogens is 402 g/mol. The van der Waals surface area contributed by atoms with E-state index in [9.17, 15) is 4.79 Å². The van der Waals surface area contributed by atoms with Crippen molar-refractivity contribution in [2.45, 2.75) is 26.8 Å². The number of likely N-dealkylation sites (N-methyl/N-ethyl adjacent to an activating group) is 1. The summed E-state index contributed by atoms with van der Waals surface area (Å²) < 4.78 is 0. The Kier molecular flexibility index (Phi) is 5.61. The van der Waals surface area contributed by atoms with Crippen LogP contribution in [0.2, 0.25) is 0 Å². The topological polar surface area (TPSA) is 81.2 Å². The lowest BCUT2D eigenvalue weighted by Crippen LogP contribution is -2.46. The maximum absolute atomic E-state index is 12.5. The minimum Gasteiger partial charge on any atom is -0.338 e. The Hall–Kier alpha value is -3.26. The minimum absolute atomic E-state index is 0.164. The molecule has 0 radical (unpaired) electrons. The van der Waals surface area contributed by atoms with Crippen molar-refractivity contribution in [1.29, 1.82) is 0 Å². The molecule has 0 unspecified atom stereocenters. The molecule has 1 fully saturated rings. The Labute approximate surface area is 188 Å². The van der Waals surface area contributed by atoms with Gasteiger partial charge in [-0.3, -0.25) is 9.78 Å². The molecule has 2 aliphatic heterocycles. The lowest BCUT2D eigenvalue weighted by atomic mass is 10.0. The first-order valence-electron chi connectivity index (χ1n) is 11.3. The average molecular weight is 432 g/mol. The quantitative estimate of drug-likeness (QED) is 0.678. The number of hydrogen-bond donors (Lipinski definition) is 1. The SMILES string of the molecule is CCN1CCN(c2ncc(-c3cc(=O)[nH]c(N4CCc5ccccc5C4)n3)c(C)n2)CC1. The predicted molar refractivity (Wildman–Crippen MR) is 126 cm³/mol. The molecule has 32 heavy (non-hydrogen) atoms. The van der Waals surface area contributed by atoms with Crippen molar-refractivity contribution in [3.8, 4) is 11.3 Å². The van der Waals surface area contributed by atoms with Gasteiger partial charge in [-0.05, 0) is 31.0 Å². The third-order valence-electron chi connectivity index (χ3n) is 6.50. The molecular formula is C24H29N7O. The van der Waals surface area contributed by atoms with Crippen molar-refractivity contribution in [3.05, 3.63) is 63.7 Å². The normalized spacial score (nSPS) is 16.8. The maximum atomic E-state index is 12.5. The Morgan fingerprint density at radius 1 is 1.00 bits per heavy atom. The van der Waals surface area contributed by atoms with Crippen molar-refractivity contribution >= 4 is 11.9 Å². The molecule has 0 saturated carbocycles. The van der Waals surface area contributed by atoms with E-state index in [-0.39, 0.29) is 5.56 Å². The molecule has 0 atom stereocenters. The van der Waals surface area contributed by atoms with E-state index in [1.807, 2.05) is 6.92 Å². The molecule has 3 aromatic rings. The van der Waals surface area contributed by atoms with E-state index < -0.39 is 0 Å². The molecule has 0 bridgehead atoms. The first-order valence-corrected chi connectivity index (χ1v) is 11.3. The van der Waals surface area contributed by atoms with E-state index in [4.69, 9.17) is 9.97 Å². The fraction of sp³-hybridized carbons (Fsp3) is 0.417. The van der Waals surface area contributed by atoms with E-state index in [1.54, 1.807) is 6.20 Å². The van der Waals surface area contributed by atoms with Gasteiger partial charge in [-0.1, -0.05) is 31.2 Å². The number of nitrogens with one attached hydrogen (secondary N) is 1. The van der Waals surface area contributed by atoms with E-state index in [0.29, 0.717) is 11.6 Å². The Bertz CT molecular complexity index is 1170. The van der Waals surface area contributed by atoms with Crippen molar-refractivity contribution in [1.82, 2.24) is 24.8 Å².